The van der Waals surface area contributed by atoms with Gasteiger partial charge in [0.25, 0.3) is 0 Å². The van der Waals surface area contributed by atoms with Crippen LogP contribution in [0.1, 0.15) is 37.5 Å². The number of rotatable bonds is 9. The lowest BCUT2D eigenvalue weighted by molar-refractivity contribution is -0.139. The molecule has 0 bridgehead atoms. The number of phenols is 1. The second-order valence-corrected chi connectivity index (χ2v) is 8.40. The number of esters is 1. The van der Waals surface area contributed by atoms with Crippen LogP contribution in [0.5, 0.6) is 5.75 Å². The van der Waals surface area contributed by atoms with Gasteiger partial charge in [0.05, 0.1) is 25.4 Å². The number of aromatic hydroxyl groups is 1. The smallest absolute Gasteiger partial charge is 0.416 e. The zero-order valence-electron chi connectivity index (χ0n) is 19.2. The molecule has 0 radical (unpaired) electrons. The van der Waals surface area contributed by atoms with E-state index < -0.39 is 23.1 Å². The monoisotopic (exact) mass is 466 g/mol. The quantitative estimate of drug-likeness (QED) is 0.296. The third kappa shape index (κ3) is 7.91. The summed E-state index contributed by atoms with van der Waals surface area (Å²) in [6.07, 6.45) is -1.65. The summed E-state index contributed by atoms with van der Waals surface area (Å²) in [5.74, 6) is -0.581. The summed E-state index contributed by atoms with van der Waals surface area (Å²) in [6.45, 7) is 6.91. The molecule has 33 heavy (non-hydrogen) atoms. The van der Waals surface area contributed by atoms with E-state index in [4.69, 9.17) is 14.2 Å². The SMILES string of the molecule is COCCOCCOC(=O)/C=C/c1cc(-c2ccc(C(F)(F)F)cc2)c(O)c(C(C)(C)C)c1. The van der Waals surface area contributed by atoms with Gasteiger partial charge in [-0.05, 0) is 46.9 Å². The normalized spacial score (nSPS) is 12.3. The molecule has 2 aromatic rings. The van der Waals surface area contributed by atoms with Crippen LogP contribution in [0.2, 0.25) is 0 Å². The number of hydrogen-bond acceptors (Lipinski definition) is 5. The van der Waals surface area contributed by atoms with E-state index in [1.54, 1.807) is 19.2 Å². The second-order valence-electron chi connectivity index (χ2n) is 8.40. The Bertz CT molecular complexity index is 958. The zero-order valence-corrected chi connectivity index (χ0v) is 19.2. The standard InChI is InChI=1S/C25H29F3O5/c1-24(2,3)21-16-17(5-10-22(29)33-14-13-32-12-11-31-4)15-20(23(21)30)18-6-8-19(9-7-18)25(26,27)28/h5-10,15-16,30H,11-14H2,1-4H3/b10-5+. The molecular weight excluding hydrogens is 437 g/mol. The van der Waals surface area contributed by atoms with Gasteiger partial charge < -0.3 is 19.3 Å². The van der Waals surface area contributed by atoms with E-state index in [2.05, 4.69) is 0 Å². The first-order valence-corrected chi connectivity index (χ1v) is 10.4. The van der Waals surface area contributed by atoms with E-state index in [-0.39, 0.29) is 19.0 Å². The molecule has 5 nitrogen and oxygen atoms in total. The Morgan fingerprint density at radius 1 is 1.00 bits per heavy atom. The molecule has 0 aliphatic rings. The van der Waals surface area contributed by atoms with Gasteiger partial charge in [0.1, 0.15) is 12.4 Å². The lowest BCUT2D eigenvalue weighted by Gasteiger charge is -2.23. The van der Waals surface area contributed by atoms with Crippen molar-refractivity contribution in [2.24, 2.45) is 0 Å². The fourth-order valence-corrected chi connectivity index (χ4v) is 3.04. The van der Waals surface area contributed by atoms with Crippen LogP contribution >= 0.6 is 0 Å². The van der Waals surface area contributed by atoms with Gasteiger partial charge in [0, 0.05) is 24.3 Å². The molecule has 0 aliphatic carbocycles. The number of hydrogen-bond donors (Lipinski definition) is 1. The van der Waals surface area contributed by atoms with Gasteiger partial charge in [-0.1, -0.05) is 32.9 Å². The summed E-state index contributed by atoms with van der Waals surface area (Å²) >= 11 is 0. The Morgan fingerprint density at radius 3 is 2.21 bits per heavy atom. The van der Waals surface area contributed by atoms with Crippen molar-refractivity contribution in [1.82, 2.24) is 0 Å². The van der Waals surface area contributed by atoms with Gasteiger partial charge in [-0.25, -0.2) is 4.79 Å². The highest BCUT2D eigenvalue weighted by Gasteiger charge is 2.30. The van der Waals surface area contributed by atoms with E-state index >= 15 is 0 Å². The minimum absolute atomic E-state index is 0.0183. The lowest BCUT2D eigenvalue weighted by Crippen LogP contribution is -2.12. The average molecular weight is 466 g/mol. The van der Waals surface area contributed by atoms with Crippen molar-refractivity contribution in [3.8, 4) is 16.9 Å². The molecule has 0 unspecified atom stereocenters. The predicted molar refractivity (Wildman–Crippen MR) is 120 cm³/mol. The number of methoxy groups -OCH3 is 1. The topological polar surface area (TPSA) is 65.0 Å². The maximum Gasteiger partial charge on any atom is 0.416 e. The zero-order chi connectivity index (χ0) is 24.6. The summed E-state index contributed by atoms with van der Waals surface area (Å²) < 4.78 is 53.9. The van der Waals surface area contributed by atoms with Gasteiger partial charge in [-0.2, -0.15) is 13.2 Å². The Balaban J connectivity index is 2.25. The molecular formula is C25H29F3O5. The van der Waals surface area contributed by atoms with E-state index in [0.717, 1.165) is 12.1 Å². The van der Waals surface area contributed by atoms with E-state index in [1.165, 1.54) is 24.3 Å². The van der Waals surface area contributed by atoms with Crippen molar-refractivity contribution in [3.63, 3.8) is 0 Å². The minimum Gasteiger partial charge on any atom is -0.507 e. The molecule has 0 aromatic heterocycles. The predicted octanol–water partition coefficient (Wildman–Crippen LogP) is 5.59. The molecule has 1 N–H and O–H groups in total. The number of carbonyl (C=O) groups is 1. The van der Waals surface area contributed by atoms with Crippen molar-refractivity contribution in [1.29, 1.82) is 0 Å². The second kappa shape index (κ2) is 11.3. The first-order valence-electron chi connectivity index (χ1n) is 10.4. The molecule has 0 heterocycles. The summed E-state index contributed by atoms with van der Waals surface area (Å²) in [4.78, 5) is 12.0. The molecule has 2 aromatic carbocycles. The number of ether oxygens (including phenoxy) is 3. The third-order valence-corrected chi connectivity index (χ3v) is 4.78. The Hall–Kier alpha value is -2.84. The molecule has 2 rings (SSSR count). The van der Waals surface area contributed by atoms with Crippen molar-refractivity contribution in [2.45, 2.75) is 32.4 Å². The Labute approximate surface area is 191 Å². The Kier molecular flexibility index (Phi) is 9.07. The highest BCUT2D eigenvalue weighted by Crippen LogP contribution is 2.40. The maximum absolute atomic E-state index is 12.9. The van der Waals surface area contributed by atoms with E-state index in [9.17, 15) is 23.1 Å². The van der Waals surface area contributed by atoms with Gasteiger partial charge in [-0.15, -0.1) is 0 Å². The van der Waals surface area contributed by atoms with Crippen molar-refractivity contribution in [2.75, 3.05) is 33.5 Å². The maximum atomic E-state index is 12.9. The van der Waals surface area contributed by atoms with Crippen LogP contribution in [0.4, 0.5) is 13.2 Å². The van der Waals surface area contributed by atoms with Crippen LogP contribution in [-0.2, 0) is 30.6 Å². The van der Waals surface area contributed by atoms with Crippen LogP contribution < -0.4 is 0 Å². The number of phenolic OH excluding ortho intramolecular Hbond substituents is 1. The highest BCUT2D eigenvalue weighted by atomic mass is 19.4. The molecule has 0 fully saturated rings. The van der Waals surface area contributed by atoms with Crippen molar-refractivity contribution < 1.29 is 37.3 Å². The first kappa shape index (κ1) is 26.4. The van der Waals surface area contributed by atoms with E-state index in [0.29, 0.717) is 35.5 Å². The summed E-state index contributed by atoms with van der Waals surface area (Å²) in [6, 6.07) is 7.93. The molecule has 0 spiro atoms. The summed E-state index contributed by atoms with van der Waals surface area (Å²) in [7, 11) is 1.56. The first-order chi connectivity index (χ1) is 15.4. The van der Waals surface area contributed by atoms with Crippen LogP contribution in [0, 0.1) is 0 Å². The van der Waals surface area contributed by atoms with Gasteiger partial charge >= 0.3 is 12.1 Å². The minimum atomic E-state index is -4.45. The molecule has 180 valence electrons. The Morgan fingerprint density at radius 2 is 1.64 bits per heavy atom. The van der Waals surface area contributed by atoms with Crippen LogP contribution in [0.25, 0.3) is 17.2 Å². The van der Waals surface area contributed by atoms with Gasteiger partial charge in [-0.3, -0.25) is 0 Å². The largest absolute Gasteiger partial charge is 0.507 e. The van der Waals surface area contributed by atoms with Crippen LogP contribution in [0.3, 0.4) is 0 Å². The van der Waals surface area contributed by atoms with Gasteiger partial charge in [0.15, 0.2) is 0 Å². The number of halogens is 3. The van der Waals surface area contributed by atoms with Crippen molar-refractivity contribution >= 4 is 12.0 Å². The fourth-order valence-electron chi connectivity index (χ4n) is 3.04. The molecule has 0 saturated carbocycles. The van der Waals surface area contributed by atoms with Crippen LogP contribution in [-0.4, -0.2) is 44.6 Å². The lowest BCUT2D eigenvalue weighted by atomic mass is 9.83. The molecule has 8 heteroatoms. The highest BCUT2D eigenvalue weighted by molar-refractivity contribution is 5.88. The number of carbonyl (C=O) groups excluding carboxylic acids is 1. The van der Waals surface area contributed by atoms with E-state index in [1.807, 2.05) is 20.8 Å². The third-order valence-electron chi connectivity index (χ3n) is 4.78. The summed E-state index contributed by atoms with van der Waals surface area (Å²) in [5, 5.41) is 10.9. The van der Waals surface area contributed by atoms with Gasteiger partial charge in [0.2, 0.25) is 0 Å². The number of benzene rings is 2. The molecule has 0 atom stereocenters. The molecule has 0 saturated heterocycles. The number of alkyl halides is 3. The molecule has 0 aliphatic heterocycles. The average Bonchev–Trinajstić information content (AvgIpc) is 2.74. The van der Waals surface area contributed by atoms with Crippen molar-refractivity contribution in [3.05, 3.63) is 59.2 Å². The summed E-state index contributed by atoms with van der Waals surface area (Å²) in [5.41, 5.74) is 0.772. The van der Waals surface area contributed by atoms with Crippen LogP contribution in [0.15, 0.2) is 42.5 Å². The fraction of sp³-hybridized carbons (Fsp3) is 0.400. The molecule has 0 amide bonds.